The van der Waals surface area contributed by atoms with Gasteiger partial charge in [0.1, 0.15) is 0 Å². The average molecular weight is 238 g/mol. The van der Waals surface area contributed by atoms with E-state index in [9.17, 15) is 9.90 Å². The molecule has 0 saturated heterocycles. The molecule has 5 nitrogen and oxygen atoms in total. The van der Waals surface area contributed by atoms with Crippen molar-refractivity contribution in [3.63, 3.8) is 0 Å². The van der Waals surface area contributed by atoms with Gasteiger partial charge in [0, 0.05) is 0 Å². The van der Waals surface area contributed by atoms with Crippen molar-refractivity contribution in [1.82, 2.24) is 0 Å². The van der Waals surface area contributed by atoms with E-state index in [1.54, 1.807) is 0 Å². The Hall–Kier alpha value is -1.43. The number of hydrogen-bond acceptors (Lipinski definition) is 4. The van der Waals surface area contributed by atoms with Crippen molar-refractivity contribution in [2.75, 3.05) is 6.61 Å². The number of nitrogens with two attached hydrogens (primary N) is 2. The predicted octanol–water partition coefficient (Wildman–Crippen LogP) is -0.233. The Morgan fingerprint density at radius 3 is 2.59 bits per heavy atom. The largest absolute Gasteiger partial charge is 0.391 e. The smallest absolute Gasteiger partial charge is 0.234 e. The number of primary amides is 1. The molecule has 0 aliphatic rings. The molecule has 0 aliphatic carbocycles. The first-order chi connectivity index (χ1) is 8.09. The molecule has 0 radical (unpaired) electrons. The first kappa shape index (κ1) is 13.6. The number of benzene rings is 1. The lowest BCUT2D eigenvalue weighted by Gasteiger charge is -2.14. The molecule has 1 aromatic carbocycles. The maximum Gasteiger partial charge on any atom is 0.234 e. The van der Waals surface area contributed by atoms with Crippen LogP contribution < -0.4 is 11.5 Å². The Bertz CT molecular complexity index is 343. The zero-order valence-corrected chi connectivity index (χ0v) is 9.58. The number of carbonyl (C=O) groups excluding carboxylic acids is 1. The molecule has 2 unspecified atom stereocenters. The molecule has 94 valence electrons. The molecule has 0 heterocycles. The van der Waals surface area contributed by atoms with E-state index in [0.717, 1.165) is 5.56 Å². The standard InChI is InChI=1S/C12H18N2O3/c13-11(12(14)16)6-10(15)8-17-7-9-4-2-1-3-5-9/h1-5,10-11,15H,6-8,13H2,(H2,14,16). The van der Waals surface area contributed by atoms with Gasteiger partial charge in [0.25, 0.3) is 0 Å². The lowest BCUT2D eigenvalue weighted by Crippen LogP contribution is -2.40. The molecule has 0 bridgehead atoms. The maximum atomic E-state index is 10.7. The second kappa shape index (κ2) is 7.01. The minimum atomic E-state index is -0.828. The van der Waals surface area contributed by atoms with Crippen LogP contribution in [0.25, 0.3) is 0 Å². The summed E-state index contributed by atoms with van der Waals surface area (Å²) in [6.45, 7) is 0.555. The van der Waals surface area contributed by atoms with Crippen LogP contribution >= 0.6 is 0 Å². The zero-order valence-electron chi connectivity index (χ0n) is 9.58. The molecule has 17 heavy (non-hydrogen) atoms. The monoisotopic (exact) mass is 238 g/mol. The van der Waals surface area contributed by atoms with E-state index in [4.69, 9.17) is 16.2 Å². The van der Waals surface area contributed by atoms with Crippen molar-refractivity contribution in [3.8, 4) is 0 Å². The molecule has 0 fully saturated rings. The third-order valence-electron chi connectivity index (χ3n) is 2.31. The summed E-state index contributed by atoms with van der Waals surface area (Å²) in [5, 5.41) is 9.53. The van der Waals surface area contributed by atoms with Crippen LogP contribution in [0, 0.1) is 0 Å². The van der Waals surface area contributed by atoms with Gasteiger partial charge in [-0.1, -0.05) is 30.3 Å². The molecule has 1 amide bonds. The van der Waals surface area contributed by atoms with Gasteiger partial charge in [-0.15, -0.1) is 0 Å². The van der Waals surface area contributed by atoms with Crippen LogP contribution in [0.4, 0.5) is 0 Å². The first-order valence-electron chi connectivity index (χ1n) is 5.44. The molecule has 0 saturated carbocycles. The normalized spacial score (nSPS) is 14.2. The summed E-state index contributed by atoms with van der Waals surface area (Å²) in [6.07, 6.45) is -0.661. The summed E-state index contributed by atoms with van der Waals surface area (Å²) in [4.78, 5) is 10.7. The molecule has 0 aliphatic heterocycles. The SMILES string of the molecule is NC(=O)C(N)CC(O)COCc1ccccc1. The second-order valence-corrected chi connectivity index (χ2v) is 3.90. The van der Waals surface area contributed by atoms with Gasteiger partial charge in [0.2, 0.25) is 5.91 Å². The molecule has 0 aromatic heterocycles. The van der Waals surface area contributed by atoms with Gasteiger partial charge in [-0.3, -0.25) is 4.79 Å². The average Bonchev–Trinajstić information content (AvgIpc) is 2.30. The van der Waals surface area contributed by atoms with Crippen molar-refractivity contribution in [3.05, 3.63) is 35.9 Å². The van der Waals surface area contributed by atoms with Crippen LogP contribution in [-0.4, -0.2) is 29.8 Å². The number of aliphatic hydroxyl groups excluding tert-OH is 1. The van der Waals surface area contributed by atoms with Crippen molar-refractivity contribution in [2.45, 2.75) is 25.2 Å². The molecule has 1 aromatic rings. The molecular formula is C12H18N2O3. The number of hydrogen-bond donors (Lipinski definition) is 3. The fraction of sp³-hybridized carbons (Fsp3) is 0.417. The molecule has 5 heteroatoms. The van der Waals surface area contributed by atoms with Crippen molar-refractivity contribution < 1.29 is 14.6 Å². The lowest BCUT2D eigenvalue weighted by atomic mass is 10.1. The van der Waals surface area contributed by atoms with E-state index in [1.807, 2.05) is 30.3 Å². The number of amides is 1. The summed E-state index contributed by atoms with van der Waals surface area (Å²) in [5.41, 5.74) is 11.4. The van der Waals surface area contributed by atoms with Crippen molar-refractivity contribution in [2.24, 2.45) is 11.5 Å². The van der Waals surface area contributed by atoms with Gasteiger partial charge in [-0.25, -0.2) is 0 Å². The number of rotatable bonds is 7. The Balaban J connectivity index is 2.20. The second-order valence-electron chi connectivity index (χ2n) is 3.90. The minimum Gasteiger partial charge on any atom is -0.391 e. The molecule has 0 spiro atoms. The van der Waals surface area contributed by atoms with Gasteiger partial charge in [0.05, 0.1) is 25.4 Å². The number of carbonyl (C=O) groups is 1. The first-order valence-corrected chi connectivity index (χ1v) is 5.44. The predicted molar refractivity (Wildman–Crippen MR) is 63.9 cm³/mol. The number of aliphatic hydroxyl groups is 1. The fourth-order valence-corrected chi connectivity index (χ4v) is 1.36. The minimum absolute atomic E-state index is 0.115. The highest BCUT2D eigenvalue weighted by molar-refractivity contribution is 5.79. The molecule has 1 rings (SSSR count). The molecular weight excluding hydrogens is 220 g/mol. The van der Waals surface area contributed by atoms with Crippen LogP contribution in [0.5, 0.6) is 0 Å². The van der Waals surface area contributed by atoms with E-state index >= 15 is 0 Å². The summed E-state index contributed by atoms with van der Waals surface area (Å²) >= 11 is 0. The highest BCUT2D eigenvalue weighted by atomic mass is 16.5. The Kier molecular flexibility index (Phi) is 5.62. The Labute approximate surface area is 100 Å². The van der Waals surface area contributed by atoms with Gasteiger partial charge in [-0.2, -0.15) is 0 Å². The molecule has 2 atom stereocenters. The van der Waals surface area contributed by atoms with Gasteiger partial charge in [-0.05, 0) is 12.0 Å². The van der Waals surface area contributed by atoms with E-state index in [-0.39, 0.29) is 13.0 Å². The molecule has 5 N–H and O–H groups in total. The van der Waals surface area contributed by atoms with E-state index < -0.39 is 18.1 Å². The zero-order chi connectivity index (χ0) is 12.7. The third kappa shape index (κ3) is 5.44. The Morgan fingerprint density at radius 2 is 2.00 bits per heavy atom. The summed E-state index contributed by atoms with van der Waals surface area (Å²) in [6, 6.07) is 8.79. The quantitative estimate of drug-likeness (QED) is 0.611. The van der Waals surface area contributed by atoms with Gasteiger partial charge >= 0.3 is 0 Å². The highest BCUT2D eigenvalue weighted by Crippen LogP contribution is 2.03. The lowest BCUT2D eigenvalue weighted by molar-refractivity contribution is -0.120. The van der Waals surface area contributed by atoms with Crippen LogP contribution in [0.1, 0.15) is 12.0 Å². The van der Waals surface area contributed by atoms with Crippen LogP contribution in [0.15, 0.2) is 30.3 Å². The van der Waals surface area contributed by atoms with Crippen molar-refractivity contribution in [1.29, 1.82) is 0 Å². The van der Waals surface area contributed by atoms with E-state index in [2.05, 4.69) is 0 Å². The van der Waals surface area contributed by atoms with Crippen LogP contribution in [0.3, 0.4) is 0 Å². The van der Waals surface area contributed by atoms with E-state index in [1.165, 1.54) is 0 Å². The number of ether oxygens (including phenoxy) is 1. The van der Waals surface area contributed by atoms with Crippen molar-refractivity contribution >= 4 is 5.91 Å². The summed E-state index contributed by atoms with van der Waals surface area (Å²) in [5.74, 6) is -0.618. The van der Waals surface area contributed by atoms with Gasteiger partial charge in [0.15, 0.2) is 0 Å². The summed E-state index contributed by atoms with van der Waals surface area (Å²) in [7, 11) is 0. The summed E-state index contributed by atoms with van der Waals surface area (Å²) < 4.78 is 5.30. The van der Waals surface area contributed by atoms with Gasteiger partial charge < -0.3 is 21.3 Å². The third-order valence-corrected chi connectivity index (χ3v) is 2.31. The Morgan fingerprint density at radius 1 is 1.35 bits per heavy atom. The van der Waals surface area contributed by atoms with Crippen LogP contribution in [0.2, 0.25) is 0 Å². The van der Waals surface area contributed by atoms with E-state index in [0.29, 0.717) is 6.61 Å². The van der Waals surface area contributed by atoms with Crippen LogP contribution in [-0.2, 0) is 16.1 Å². The highest BCUT2D eigenvalue weighted by Gasteiger charge is 2.15. The topological polar surface area (TPSA) is 98.6 Å². The maximum absolute atomic E-state index is 10.7. The fourth-order valence-electron chi connectivity index (χ4n) is 1.36.